The molecule has 0 spiro atoms. The van der Waals surface area contributed by atoms with Crippen LogP contribution < -0.4 is 0 Å². The van der Waals surface area contributed by atoms with Crippen LogP contribution in [0.5, 0.6) is 0 Å². The van der Waals surface area contributed by atoms with Crippen molar-refractivity contribution in [2.24, 2.45) is 0 Å². The molecule has 0 radical (unpaired) electrons. The van der Waals surface area contributed by atoms with Gasteiger partial charge in [-0.1, -0.05) is 0 Å². The maximum atomic E-state index is 12.3. The van der Waals surface area contributed by atoms with E-state index in [1.54, 1.807) is 17.3 Å². The number of aliphatic hydroxyl groups excluding tert-OH is 1. The monoisotopic (exact) mass is 245 g/mol. The molecule has 1 aliphatic heterocycles. The number of aromatic amines is 1. The molecule has 1 saturated heterocycles. The van der Waals surface area contributed by atoms with Crippen molar-refractivity contribution < 1.29 is 9.90 Å². The number of piperidine rings is 1. The van der Waals surface area contributed by atoms with Crippen LogP contribution in [-0.4, -0.2) is 45.1 Å². The highest BCUT2D eigenvalue weighted by Crippen LogP contribution is 2.16. The van der Waals surface area contributed by atoms with E-state index in [-0.39, 0.29) is 5.91 Å². The van der Waals surface area contributed by atoms with Crippen molar-refractivity contribution >= 4 is 16.9 Å². The summed E-state index contributed by atoms with van der Waals surface area (Å²) in [5, 5.41) is 9.60. The summed E-state index contributed by atoms with van der Waals surface area (Å²) in [6, 6.07) is 5.43. The Balaban J connectivity index is 1.86. The van der Waals surface area contributed by atoms with Gasteiger partial charge in [0.1, 0.15) is 0 Å². The van der Waals surface area contributed by atoms with Crippen LogP contribution in [-0.2, 0) is 0 Å². The maximum absolute atomic E-state index is 12.3. The molecule has 1 amide bonds. The van der Waals surface area contributed by atoms with Gasteiger partial charge in [-0.15, -0.1) is 0 Å². The van der Waals surface area contributed by atoms with Gasteiger partial charge < -0.3 is 15.0 Å². The summed E-state index contributed by atoms with van der Waals surface area (Å²) in [4.78, 5) is 21.1. The SMILES string of the molecule is O=C(c1ccc2nc[nH]c2c1)N1CCC[C@@H](O)C1. The fraction of sp³-hybridized carbons (Fsp3) is 0.385. The maximum Gasteiger partial charge on any atom is 0.254 e. The summed E-state index contributed by atoms with van der Waals surface area (Å²) >= 11 is 0. The Hall–Kier alpha value is -1.88. The van der Waals surface area contributed by atoms with E-state index in [4.69, 9.17) is 0 Å². The van der Waals surface area contributed by atoms with Crippen LogP contribution in [0.2, 0.25) is 0 Å². The zero-order chi connectivity index (χ0) is 12.5. The molecule has 5 nitrogen and oxygen atoms in total. The van der Waals surface area contributed by atoms with Gasteiger partial charge in [-0.2, -0.15) is 0 Å². The minimum absolute atomic E-state index is 0.0229. The minimum atomic E-state index is -0.390. The number of benzene rings is 1. The van der Waals surface area contributed by atoms with E-state index < -0.39 is 6.10 Å². The Morgan fingerprint density at radius 2 is 2.39 bits per heavy atom. The van der Waals surface area contributed by atoms with Crippen molar-refractivity contribution in [3.05, 3.63) is 30.1 Å². The van der Waals surface area contributed by atoms with Crippen molar-refractivity contribution in [1.29, 1.82) is 0 Å². The van der Waals surface area contributed by atoms with E-state index in [0.717, 1.165) is 30.4 Å². The number of nitrogens with one attached hydrogen (secondary N) is 1. The van der Waals surface area contributed by atoms with Crippen molar-refractivity contribution in [2.75, 3.05) is 13.1 Å². The fourth-order valence-electron chi connectivity index (χ4n) is 2.39. The molecule has 0 saturated carbocycles. The summed E-state index contributed by atoms with van der Waals surface area (Å²) in [6.45, 7) is 1.15. The molecule has 0 bridgehead atoms. The highest BCUT2D eigenvalue weighted by Gasteiger charge is 2.23. The molecule has 1 atom stereocenters. The first kappa shape index (κ1) is 11.2. The van der Waals surface area contributed by atoms with Gasteiger partial charge in [-0.05, 0) is 31.0 Å². The number of nitrogens with zero attached hydrogens (tertiary/aromatic N) is 2. The molecule has 1 aromatic heterocycles. The van der Waals surface area contributed by atoms with Gasteiger partial charge in [0.25, 0.3) is 5.91 Å². The lowest BCUT2D eigenvalue weighted by atomic mass is 10.1. The second-order valence-corrected chi connectivity index (χ2v) is 4.68. The standard InChI is InChI=1S/C13H15N3O2/c17-10-2-1-5-16(7-10)13(18)9-3-4-11-12(6-9)15-8-14-11/h3-4,6,8,10,17H,1-2,5,7H2,(H,14,15)/t10-/m1/s1. The van der Waals surface area contributed by atoms with Gasteiger partial charge in [0, 0.05) is 18.7 Å². The smallest absolute Gasteiger partial charge is 0.254 e. The molecule has 1 fully saturated rings. The van der Waals surface area contributed by atoms with Crippen molar-refractivity contribution in [3.63, 3.8) is 0 Å². The summed E-state index contributed by atoms with van der Waals surface area (Å²) in [5.74, 6) is -0.0229. The van der Waals surface area contributed by atoms with Gasteiger partial charge in [-0.3, -0.25) is 4.79 Å². The number of aromatic nitrogens is 2. The topological polar surface area (TPSA) is 69.2 Å². The van der Waals surface area contributed by atoms with Gasteiger partial charge in [0.05, 0.1) is 23.5 Å². The molecule has 5 heteroatoms. The van der Waals surface area contributed by atoms with Crippen LogP contribution in [0.15, 0.2) is 24.5 Å². The molecule has 94 valence electrons. The zero-order valence-corrected chi connectivity index (χ0v) is 9.97. The van der Waals surface area contributed by atoms with E-state index in [9.17, 15) is 9.90 Å². The number of hydrogen-bond donors (Lipinski definition) is 2. The van der Waals surface area contributed by atoms with E-state index in [0.29, 0.717) is 12.1 Å². The number of β-amino-alcohol motifs (C(OH)–C–C–N with tert-alkyl or cyclic N) is 1. The average molecular weight is 245 g/mol. The molecule has 2 aromatic rings. The lowest BCUT2D eigenvalue weighted by Crippen LogP contribution is -2.42. The number of aliphatic hydroxyl groups is 1. The molecule has 0 aliphatic carbocycles. The highest BCUT2D eigenvalue weighted by atomic mass is 16.3. The first-order valence-electron chi connectivity index (χ1n) is 6.14. The molecule has 18 heavy (non-hydrogen) atoms. The van der Waals surface area contributed by atoms with Gasteiger partial charge in [0.15, 0.2) is 0 Å². The summed E-state index contributed by atoms with van der Waals surface area (Å²) < 4.78 is 0. The molecule has 1 aromatic carbocycles. The summed E-state index contributed by atoms with van der Waals surface area (Å²) in [5.41, 5.74) is 2.35. The predicted molar refractivity (Wildman–Crippen MR) is 67.2 cm³/mol. The molecule has 1 aliphatic rings. The zero-order valence-electron chi connectivity index (χ0n) is 9.97. The lowest BCUT2D eigenvalue weighted by Gasteiger charge is -2.30. The van der Waals surface area contributed by atoms with Crippen LogP contribution in [0.25, 0.3) is 11.0 Å². The van der Waals surface area contributed by atoms with Crippen molar-refractivity contribution in [1.82, 2.24) is 14.9 Å². The van der Waals surface area contributed by atoms with Gasteiger partial charge in [-0.25, -0.2) is 4.98 Å². The molecule has 2 N–H and O–H groups in total. The van der Waals surface area contributed by atoms with Crippen LogP contribution in [0, 0.1) is 0 Å². The third kappa shape index (κ3) is 1.97. The minimum Gasteiger partial charge on any atom is -0.391 e. The van der Waals surface area contributed by atoms with Crippen LogP contribution >= 0.6 is 0 Å². The molecular weight excluding hydrogens is 230 g/mol. The van der Waals surface area contributed by atoms with Crippen LogP contribution in [0.1, 0.15) is 23.2 Å². The highest BCUT2D eigenvalue weighted by molar-refractivity contribution is 5.97. The Morgan fingerprint density at radius 3 is 3.22 bits per heavy atom. The van der Waals surface area contributed by atoms with Crippen molar-refractivity contribution in [3.8, 4) is 0 Å². The predicted octanol–water partition coefficient (Wildman–Crippen LogP) is 1.16. The number of carbonyl (C=O) groups is 1. The number of imidazole rings is 1. The van der Waals surface area contributed by atoms with Gasteiger partial charge >= 0.3 is 0 Å². The third-order valence-corrected chi connectivity index (χ3v) is 3.35. The van der Waals surface area contributed by atoms with Crippen LogP contribution in [0.3, 0.4) is 0 Å². The Labute approximate surface area is 104 Å². The molecular formula is C13H15N3O2. The first-order valence-corrected chi connectivity index (χ1v) is 6.14. The number of fused-ring (bicyclic) bond motifs is 1. The molecule has 0 unspecified atom stereocenters. The largest absolute Gasteiger partial charge is 0.391 e. The van der Waals surface area contributed by atoms with Crippen molar-refractivity contribution in [2.45, 2.75) is 18.9 Å². The number of rotatable bonds is 1. The average Bonchev–Trinajstić information content (AvgIpc) is 2.85. The molecule has 3 rings (SSSR count). The number of carbonyl (C=O) groups excluding carboxylic acids is 1. The first-order chi connectivity index (χ1) is 8.74. The number of amides is 1. The van der Waals surface area contributed by atoms with E-state index in [2.05, 4.69) is 9.97 Å². The Bertz CT molecular complexity index is 578. The second kappa shape index (κ2) is 4.42. The quantitative estimate of drug-likeness (QED) is 0.792. The number of H-pyrrole nitrogens is 1. The Kier molecular flexibility index (Phi) is 2.76. The summed E-state index contributed by atoms with van der Waals surface area (Å²) in [6.07, 6.45) is 2.87. The van der Waals surface area contributed by atoms with Gasteiger partial charge in [0.2, 0.25) is 0 Å². The van der Waals surface area contributed by atoms with E-state index >= 15 is 0 Å². The molecule has 2 heterocycles. The number of hydrogen-bond acceptors (Lipinski definition) is 3. The fourth-order valence-corrected chi connectivity index (χ4v) is 2.39. The normalized spacial score (nSPS) is 20.3. The lowest BCUT2D eigenvalue weighted by molar-refractivity contribution is 0.0474. The Morgan fingerprint density at radius 1 is 1.50 bits per heavy atom. The third-order valence-electron chi connectivity index (χ3n) is 3.35. The summed E-state index contributed by atoms with van der Waals surface area (Å²) in [7, 11) is 0. The van der Waals surface area contributed by atoms with E-state index in [1.807, 2.05) is 12.1 Å². The van der Waals surface area contributed by atoms with Crippen LogP contribution in [0.4, 0.5) is 0 Å². The number of likely N-dealkylation sites (tertiary alicyclic amines) is 1. The van der Waals surface area contributed by atoms with E-state index in [1.165, 1.54) is 0 Å². The second-order valence-electron chi connectivity index (χ2n) is 4.68.